The minimum Gasteiger partial charge on any atom is -0.444 e. The second kappa shape index (κ2) is 5.16. The van der Waals surface area contributed by atoms with Gasteiger partial charge in [-0.1, -0.05) is 22.9 Å². The summed E-state index contributed by atoms with van der Waals surface area (Å²) in [6.45, 7) is 4.01. The maximum atomic E-state index is 11.7. The Bertz CT molecular complexity index is 345. The van der Waals surface area contributed by atoms with E-state index in [0.29, 0.717) is 15.8 Å². The summed E-state index contributed by atoms with van der Waals surface area (Å²) < 4.78 is 5.73. The first kappa shape index (κ1) is 12.8. The van der Waals surface area contributed by atoms with Gasteiger partial charge in [0.25, 0.3) is 5.91 Å². The number of nitrogens with one attached hydrogen (secondary N) is 1. The molecule has 1 amide bonds. The van der Waals surface area contributed by atoms with Gasteiger partial charge in [-0.05, 0) is 41.4 Å². The minimum absolute atomic E-state index is 0.190. The van der Waals surface area contributed by atoms with Crippen molar-refractivity contribution in [3.05, 3.63) is 22.6 Å². The molecule has 5 heteroatoms. The third-order valence-electron chi connectivity index (χ3n) is 2.29. The molecule has 1 atom stereocenters. The molecule has 0 saturated carbocycles. The lowest BCUT2D eigenvalue weighted by atomic mass is 10.0. The van der Waals surface area contributed by atoms with Crippen LogP contribution in [0.2, 0.25) is 0 Å². The highest BCUT2D eigenvalue weighted by Gasteiger charge is 2.24. The highest BCUT2D eigenvalue weighted by Crippen LogP contribution is 2.17. The first-order valence-corrected chi connectivity index (χ1v) is 6.56. The molecule has 0 fully saturated rings. The van der Waals surface area contributed by atoms with Crippen LogP contribution in [0, 0.1) is 0 Å². The average Bonchev–Trinajstić information content (AvgIpc) is 2.65. The topological polar surface area (TPSA) is 42.2 Å². The van der Waals surface area contributed by atoms with E-state index < -0.39 is 0 Å². The zero-order valence-electron chi connectivity index (χ0n) is 8.64. The smallest absolute Gasteiger partial charge is 0.287 e. The second-order valence-corrected chi connectivity index (χ2v) is 4.95. The fourth-order valence-electron chi connectivity index (χ4n) is 0.988. The first-order chi connectivity index (χ1) is 7.00. The van der Waals surface area contributed by atoms with Crippen LogP contribution in [0.4, 0.5) is 0 Å². The summed E-state index contributed by atoms with van der Waals surface area (Å²) in [5, 5.41) is 3.63. The van der Waals surface area contributed by atoms with Crippen LogP contribution >= 0.6 is 31.9 Å². The lowest BCUT2D eigenvalue weighted by Gasteiger charge is -2.26. The number of carbonyl (C=O) groups excluding carboxylic acids is 1. The van der Waals surface area contributed by atoms with Gasteiger partial charge in [0.05, 0.1) is 0 Å². The molecule has 1 heterocycles. The number of hydrogen-bond acceptors (Lipinski definition) is 2. The molecule has 1 aromatic rings. The molecule has 0 saturated heterocycles. The van der Waals surface area contributed by atoms with Crippen molar-refractivity contribution in [3.8, 4) is 0 Å². The zero-order valence-corrected chi connectivity index (χ0v) is 11.8. The Labute approximate surface area is 106 Å². The van der Waals surface area contributed by atoms with Crippen molar-refractivity contribution in [3.63, 3.8) is 0 Å². The SMILES string of the molecule is CCC(C)(CBr)NC(=O)c1ccc(Br)o1. The molecule has 1 rings (SSSR count). The largest absolute Gasteiger partial charge is 0.444 e. The number of amides is 1. The van der Waals surface area contributed by atoms with Crippen LogP contribution in [-0.4, -0.2) is 16.8 Å². The van der Waals surface area contributed by atoms with E-state index in [1.54, 1.807) is 12.1 Å². The molecule has 84 valence electrons. The van der Waals surface area contributed by atoms with E-state index in [2.05, 4.69) is 37.2 Å². The highest BCUT2D eigenvalue weighted by molar-refractivity contribution is 9.10. The molecule has 0 aliphatic heterocycles. The first-order valence-electron chi connectivity index (χ1n) is 4.64. The van der Waals surface area contributed by atoms with Crippen molar-refractivity contribution < 1.29 is 9.21 Å². The summed E-state index contributed by atoms with van der Waals surface area (Å²) in [4.78, 5) is 11.7. The van der Waals surface area contributed by atoms with Crippen LogP contribution in [0.15, 0.2) is 21.2 Å². The van der Waals surface area contributed by atoms with Crippen molar-refractivity contribution in [2.45, 2.75) is 25.8 Å². The Hall–Kier alpha value is -0.290. The van der Waals surface area contributed by atoms with Crippen LogP contribution in [-0.2, 0) is 0 Å². The normalized spacial score (nSPS) is 14.7. The summed E-state index contributed by atoms with van der Waals surface area (Å²) in [6.07, 6.45) is 0.853. The molecule has 0 spiro atoms. The summed E-state index contributed by atoms with van der Waals surface area (Å²) in [5.74, 6) is 0.131. The van der Waals surface area contributed by atoms with Gasteiger partial charge in [0.15, 0.2) is 10.4 Å². The zero-order chi connectivity index (χ0) is 11.5. The fraction of sp³-hybridized carbons (Fsp3) is 0.500. The van der Waals surface area contributed by atoms with Gasteiger partial charge < -0.3 is 9.73 Å². The Morgan fingerprint density at radius 1 is 1.60 bits per heavy atom. The second-order valence-electron chi connectivity index (χ2n) is 3.61. The van der Waals surface area contributed by atoms with Gasteiger partial charge in [-0.15, -0.1) is 0 Å². The molecule has 1 N–H and O–H groups in total. The molecule has 0 bridgehead atoms. The third kappa shape index (κ3) is 3.34. The molecule has 1 aromatic heterocycles. The monoisotopic (exact) mass is 337 g/mol. The van der Waals surface area contributed by atoms with Gasteiger partial charge in [0, 0.05) is 10.9 Å². The summed E-state index contributed by atoms with van der Waals surface area (Å²) in [7, 11) is 0. The van der Waals surface area contributed by atoms with Gasteiger partial charge in [-0.2, -0.15) is 0 Å². The van der Waals surface area contributed by atoms with Gasteiger partial charge in [0.2, 0.25) is 0 Å². The summed E-state index contributed by atoms with van der Waals surface area (Å²) >= 11 is 6.54. The van der Waals surface area contributed by atoms with Crippen LogP contribution in [0.5, 0.6) is 0 Å². The van der Waals surface area contributed by atoms with Crippen LogP contribution in [0.1, 0.15) is 30.8 Å². The quantitative estimate of drug-likeness (QED) is 0.855. The van der Waals surface area contributed by atoms with Crippen LogP contribution in [0.3, 0.4) is 0 Å². The highest BCUT2D eigenvalue weighted by atomic mass is 79.9. The predicted molar refractivity (Wildman–Crippen MR) is 66.4 cm³/mol. The van der Waals surface area contributed by atoms with Crippen molar-refractivity contribution in [1.29, 1.82) is 0 Å². The Balaban J connectivity index is 2.71. The number of halogens is 2. The molecule has 0 aromatic carbocycles. The van der Waals surface area contributed by atoms with Crippen molar-refractivity contribution >= 4 is 37.8 Å². The van der Waals surface area contributed by atoms with Gasteiger partial charge >= 0.3 is 0 Å². The van der Waals surface area contributed by atoms with E-state index in [9.17, 15) is 4.79 Å². The Morgan fingerprint density at radius 2 is 2.27 bits per heavy atom. The average molecular weight is 339 g/mol. The summed E-state index contributed by atoms with van der Waals surface area (Å²) in [6, 6.07) is 3.34. The van der Waals surface area contributed by atoms with Crippen molar-refractivity contribution in [2.24, 2.45) is 0 Å². The third-order valence-corrected chi connectivity index (χ3v) is 3.95. The number of furan rings is 1. The van der Waals surface area contributed by atoms with Gasteiger partial charge in [-0.25, -0.2) is 0 Å². The van der Waals surface area contributed by atoms with E-state index in [4.69, 9.17) is 4.42 Å². The number of rotatable bonds is 4. The van der Waals surface area contributed by atoms with E-state index in [0.717, 1.165) is 6.42 Å². The van der Waals surface area contributed by atoms with Gasteiger partial charge in [-0.3, -0.25) is 4.79 Å². The van der Waals surface area contributed by atoms with E-state index >= 15 is 0 Å². The number of hydrogen-bond donors (Lipinski definition) is 1. The van der Waals surface area contributed by atoms with Gasteiger partial charge in [0.1, 0.15) is 0 Å². The maximum absolute atomic E-state index is 11.7. The molecule has 1 unspecified atom stereocenters. The minimum atomic E-state index is -0.240. The van der Waals surface area contributed by atoms with Crippen LogP contribution < -0.4 is 5.32 Å². The molecule has 0 radical (unpaired) electrons. The van der Waals surface area contributed by atoms with E-state index in [-0.39, 0.29) is 11.4 Å². The molecular weight excluding hydrogens is 326 g/mol. The Morgan fingerprint density at radius 3 is 2.67 bits per heavy atom. The van der Waals surface area contributed by atoms with Crippen molar-refractivity contribution in [1.82, 2.24) is 5.32 Å². The molecule has 3 nitrogen and oxygen atoms in total. The maximum Gasteiger partial charge on any atom is 0.287 e. The van der Waals surface area contributed by atoms with E-state index in [1.807, 2.05) is 13.8 Å². The van der Waals surface area contributed by atoms with E-state index in [1.165, 1.54) is 0 Å². The number of alkyl halides is 1. The fourth-order valence-corrected chi connectivity index (χ4v) is 1.83. The van der Waals surface area contributed by atoms with Crippen LogP contribution in [0.25, 0.3) is 0 Å². The molecular formula is C10H13Br2NO2. The number of carbonyl (C=O) groups is 1. The Kier molecular flexibility index (Phi) is 4.40. The lowest BCUT2D eigenvalue weighted by Crippen LogP contribution is -2.46. The lowest BCUT2D eigenvalue weighted by molar-refractivity contribution is 0.0883. The molecule has 0 aliphatic carbocycles. The standard InChI is InChI=1S/C10H13Br2NO2/c1-3-10(2,6-11)13-9(14)7-4-5-8(12)15-7/h4-5H,3,6H2,1-2H3,(H,13,14). The molecule has 0 aliphatic rings. The molecule has 15 heavy (non-hydrogen) atoms. The summed E-state index contributed by atoms with van der Waals surface area (Å²) in [5.41, 5.74) is -0.240. The predicted octanol–water partition coefficient (Wildman–Crippen LogP) is 3.34. The van der Waals surface area contributed by atoms with Crippen molar-refractivity contribution in [2.75, 3.05) is 5.33 Å².